The number of fused-ring (bicyclic) bond motifs is 1. The first-order valence-corrected chi connectivity index (χ1v) is 9.77. The summed E-state index contributed by atoms with van der Waals surface area (Å²) in [5, 5.41) is 3.50. The predicted octanol–water partition coefficient (Wildman–Crippen LogP) is -0.0138. The Morgan fingerprint density at radius 1 is 1.22 bits per heavy atom. The molecule has 0 spiro atoms. The smallest absolute Gasteiger partial charge is 0.252 e. The normalized spacial score (nSPS) is 28.5. The number of nitrogens with zero attached hydrogens (tertiary/aromatic N) is 3. The Labute approximate surface area is 159 Å². The molecule has 0 radical (unpaired) electrons. The zero-order valence-electron chi connectivity index (χ0n) is 15.5. The van der Waals surface area contributed by atoms with E-state index in [-0.39, 0.29) is 17.9 Å². The second kappa shape index (κ2) is 7.82. The summed E-state index contributed by atoms with van der Waals surface area (Å²) in [6.07, 6.45) is 4.63. The molecule has 1 aromatic rings. The fraction of sp³-hybridized carbons (Fsp3) is 0.632. The Kier molecular flexibility index (Phi) is 5.27. The molecule has 3 N–H and O–H groups in total. The fourth-order valence-electron chi connectivity index (χ4n) is 4.47. The van der Waals surface area contributed by atoms with Gasteiger partial charge in [0, 0.05) is 50.9 Å². The maximum absolute atomic E-state index is 13.0. The van der Waals surface area contributed by atoms with Crippen molar-refractivity contribution in [2.45, 2.75) is 31.4 Å². The van der Waals surface area contributed by atoms with Gasteiger partial charge >= 0.3 is 0 Å². The summed E-state index contributed by atoms with van der Waals surface area (Å²) in [5.74, 6) is 0.455. The average molecular weight is 373 g/mol. The number of carbonyl (C=O) groups is 2. The van der Waals surface area contributed by atoms with Gasteiger partial charge in [0.25, 0.3) is 5.91 Å². The minimum absolute atomic E-state index is 0.0723. The van der Waals surface area contributed by atoms with E-state index >= 15 is 0 Å². The highest BCUT2D eigenvalue weighted by Crippen LogP contribution is 2.30. The van der Waals surface area contributed by atoms with Crippen LogP contribution in [0.15, 0.2) is 18.3 Å². The maximum Gasteiger partial charge on any atom is 0.252 e. The summed E-state index contributed by atoms with van der Waals surface area (Å²) >= 11 is 0. The van der Waals surface area contributed by atoms with E-state index in [1.54, 1.807) is 18.3 Å². The van der Waals surface area contributed by atoms with Gasteiger partial charge in [-0.1, -0.05) is 0 Å². The first-order valence-electron chi connectivity index (χ1n) is 9.77. The molecule has 2 aliphatic heterocycles. The van der Waals surface area contributed by atoms with Gasteiger partial charge in [-0.3, -0.25) is 9.59 Å². The Hall–Kier alpha value is -2.19. The number of aromatic nitrogens is 1. The number of ether oxygens (including phenoxy) is 1. The number of amides is 2. The summed E-state index contributed by atoms with van der Waals surface area (Å²) in [4.78, 5) is 33.0. The molecule has 4 rings (SSSR count). The van der Waals surface area contributed by atoms with Crippen molar-refractivity contribution in [2.24, 2.45) is 11.7 Å². The first kappa shape index (κ1) is 18.2. The van der Waals surface area contributed by atoms with Gasteiger partial charge in [-0.2, -0.15) is 0 Å². The van der Waals surface area contributed by atoms with Crippen LogP contribution in [0.2, 0.25) is 0 Å². The SMILES string of the molecule is NC(=O)c1cccnc1N1CCN(C(=O)[C@H]2CC[C@H]3OCCN[C@@H]3C2)CC1. The van der Waals surface area contributed by atoms with Crippen LogP contribution in [0.5, 0.6) is 0 Å². The molecule has 146 valence electrons. The third-order valence-corrected chi connectivity index (χ3v) is 5.92. The Bertz CT molecular complexity index is 704. The molecular weight excluding hydrogens is 346 g/mol. The predicted molar refractivity (Wildman–Crippen MR) is 100 cm³/mol. The molecule has 0 aromatic carbocycles. The molecule has 3 heterocycles. The van der Waals surface area contributed by atoms with Crippen molar-refractivity contribution in [1.82, 2.24) is 15.2 Å². The Morgan fingerprint density at radius 3 is 2.81 bits per heavy atom. The van der Waals surface area contributed by atoms with Crippen LogP contribution in [0.4, 0.5) is 5.82 Å². The summed E-state index contributed by atoms with van der Waals surface area (Å²) in [7, 11) is 0. The lowest BCUT2D eigenvalue weighted by Gasteiger charge is -2.42. The molecule has 2 saturated heterocycles. The van der Waals surface area contributed by atoms with E-state index < -0.39 is 5.91 Å². The zero-order chi connectivity index (χ0) is 18.8. The van der Waals surface area contributed by atoms with E-state index in [1.165, 1.54) is 0 Å². The molecule has 0 bridgehead atoms. The molecule has 8 nitrogen and oxygen atoms in total. The van der Waals surface area contributed by atoms with Gasteiger partial charge in [0.1, 0.15) is 5.82 Å². The summed E-state index contributed by atoms with van der Waals surface area (Å²) in [5.41, 5.74) is 5.89. The number of piperazine rings is 1. The lowest BCUT2D eigenvalue weighted by Crippen LogP contribution is -2.55. The second-order valence-corrected chi connectivity index (χ2v) is 7.53. The first-order chi connectivity index (χ1) is 13.1. The van der Waals surface area contributed by atoms with Crippen molar-refractivity contribution < 1.29 is 14.3 Å². The quantitative estimate of drug-likeness (QED) is 0.773. The summed E-state index contributed by atoms with van der Waals surface area (Å²) in [6, 6.07) is 3.71. The van der Waals surface area contributed by atoms with Gasteiger partial charge in [-0.15, -0.1) is 0 Å². The van der Waals surface area contributed by atoms with E-state index in [9.17, 15) is 9.59 Å². The van der Waals surface area contributed by atoms with Gasteiger partial charge in [0.2, 0.25) is 5.91 Å². The summed E-state index contributed by atoms with van der Waals surface area (Å²) < 4.78 is 5.81. The highest BCUT2D eigenvalue weighted by molar-refractivity contribution is 5.97. The lowest BCUT2D eigenvalue weighted by atomic mass is 9.82. The van der Waals surface area contributed by atoms with Crippen molar-refractivity contribution in [1.29, 1.82) is 0 Å². The monoisotopic (exact) mass is 373 g/mol. The van der Waals surface area contributed by atoms with Crippen molar-refractivity contribution in [3.05, 3.63) is 23.9 Å². The van der Waals surface area contributed by atoms with Crippen LogP contribution in [0, 0.1) is 5.92 Å². The second-order valence-electron chi connectivity index (χ2n) is 7.53. The van der Waals surface area contributed by atoms with Crippen LogP contribution in [0.25, 0.3) is 0 Å². The number of hydrogen-bond acceptors (Lipinski definition) is 6. The number of anilines is 1. The molecule has 1 saturated carbocycles. The van der Waals surface area contributed by atoms with Crippen LogP contribution in [0.1, 0.15) is 29.6 Å². The summed E-state index contributed by atoms with van der Waals surface area (Å²) in [6.45, 7) is 4.23. The number of nitrogens with two attached hydrogens (primary N) is 1. The van der Waals surface area contributed by atoms with Crippen LogP contribution < -0.4 is 16.0 Å². The maximum atomic E-state index is 13.0. The van der Waals surface area contributed by atoms with E-state index in [4.69, 9.17) is 10.5 Å². The fourth-order valence-corrected chi connectivity index (χ4v) is 4.47. The van der Waals surface area contributed by atoms with E-state index in [0.29, 0.717) is 43.6 Å². The molecule has 8 heteroatoms. The van der Waals surface area contributed by atoms with Crippen LogP contribution in [-0.4, -0.2) is 73.2 Å². The zero-order valence-corrected chi connectivity index (χ0v) is 15.5. The number of primary amides is 1. The largest absolute Gasteiger partial charge is 0.375 e. The number of rotatable bonds is 3. The van der Waals surface area contributed by atoms with Crippen molar-refractivity contribution in [3.8, 4) is 0 Å². The Morgan fingerprint density at radius 2 is 2.04 bits per heavy atom. The van der Waals surface area contributed by atoms with Gasteiger partial charge in [-0.25, -0.2) is 4.98 Å². The molecule has 3 fully saturated rings. The number of hydrogen-bond donors (Lipinski definition) is 2. The van der Waals surface area contributed by atoms with E-state index in [0.717, 1.165) is 32.4 Å². The molecule has 0 unspecified atom stereocenters. The Balaban J connectivity index is 1.35. The topological polar surface area (TPSA) is 101 Å². The van der Waals surface area contributed by atoms with Gasteiger partial charge in [0.15, 0.2) is 0 Å². The molecule has 1 aromatic heterocycles. The highest BCUT2D eigenvalue weighted by Gasteiger charge is 2.38. The molecule has 3 atom stereocenters. The number of nitrogens with one attached hydrogen (secondary N) is 1. The third kappa shape index (κ3) is 3.77. The van der Waals surface area contributed by atoms with E-state index in [2.05, 4.69) is 10.3 Å². The van der Waals surface area contributed by atoms with Crippen LogP contribution in [-0.2, 0) is 9.53 Å². The van der Waals surface area contributed by atoms with E-state index in [1.807, 2.05) is 9.80 Å². The average Bonchev–Trinajstić information content (AvgIpc) is 2.73. The molecule has 1 aliphatic carbocycles. The number of morpholine rings is 1. The molecule has 3 aliphatic rings. The molecule has 2 amide bonds. The van der Waals surface area contributed by atoms with Crippen molar-refractivity contribution >= 4 is 17.6 Å². The van der Waals surface area contributed by atoms with Gasteiger partial charge in [0.05, 0.1) is 18.3 Å². The third-order valence-electron chi connectivity index (χ3n) is 5.92. The van der Waals surface area contributed by atoms with Gasteiger partial charge in [-0.05, 0) is 31.4 Å². The van der Waals surface area contributed by atoms with Crippen LogP contribution >= 0.6 is 0 Å². The molecular formula is C19H27N5O3. The number of carbonyl (C=O) groups excluding carboxylic acids is 2. The van der Waals surface area contributed by atoms with Crippen LogP contribution in [0.3, 0.4) is 0 Å². The van der Waals surface area contributed by atoms with Crippen molar-refractivity contribution in [2.75, 3.05) is 44.2 Å². The molecule has 27 heavy (non-hydrogen) atoms. The number of pyridine rings is 1. The highest BCUT2D eigenvalue weighted by atomic mass is 16.5. The minimum Gasteiger partial charge on any atom is -0.375 e. The standard InChI is InChI=1S/C19H27N5O3/c20-17(25)14-2-1-5-22-18(14)23-7-9-24(10-8-23)19(26)13-3-4-16-15(12-13)21-6-11-27-16/h1-2,5,13,15-16,21H,3-4,6-12H2,(H2,20,25)/t13-,15+,16+/m0/s1. The minimum atomic E-state index is -0.476. The van der Waals surface area contributed by atoms with Crippen molar-refractivity contribution in [3.63, 3.8) is 0 Å². The van der Waals surface area contributed by atoms with Gasteiger partial charge < -0.3 is 25.6 Å². The lowest BCUT2D eigenvalue weighted by molar-refractivity contribution is -0.139.